The van der Waals surface area contributed by atoms with Crippen molar-refractivity contribution in [3.63, 3.8) is 0 Å². The summed E-state index contributed by atoms with van der Waals surface area (Å²) in [5, 5.41) is 9.59. The van der Waals surface area contributed by atoms with Gasteiger partial charge in [0.1, 0.15) is 5.76 Å². The van der Waals surface area contributed by atoms with Gasteiger partial charge < -0.3 is 19.3 Å². The van der Waals surface area contributed by atoms with Crippen LogP contribution in [0.15, 0.2) is 10.8 Å². The van der Waals surface area contributed by atoms with Crippen molar-refractivity contribution in [3.05, 3.63) is 17.8 Å². The number of aliphatic hydroxyl groups excluding tert-OH is 1. The third-order valence-corrected chi connectivity index (χ3v) is 5.29. The quantitative estimate of drug-likeness (QED) is 0.897. The molecule has 0 aromatic carbocycles. The van der Waals surface area contributed by atoms with Crippen LogP contribution >= 0.6 is 0 Å². The monoisotopic (exact) mass is 335 g/mol. The van der Waals surface area contributed by atoms with Gasteiger partial charge in [0.25, 0.3) is 5.91 Å². The summed E-state index contributed by atoms with van der Waals surface area (Å²) in [4.78, 5) is 32.2. The van der Waals surface area contributed by atoms with Gasteiger partial charge in [-0.25, -0.2) is 4.98 Å². The smallest absolute Gasteiger partial charge is 0.276 e. The van der Waals surface area contributed by atoms with Gasteiger partial charge in [0.05, 0.1) is 6.10 Å². The number of carbonyl (C=O) groups is 2. The average Bonchev–Trinajstić information content (AvgIpc) is 2.97. The lowest BCUT2D eigenvalue weighted by Crippen LogP contribution is -2.53. The predicted molar refractivity (Wildman–Crippen MR) is 86.3 cm³/mol. The summed E-state index contributed by atoms with van der Waals surface area (Å²) in [6, 6.07) is 0. The van der Waals surface area contributed by atoms with Crippen molar-refractivity contribution in [2.45, 2.75) is 45.6 Å². The lowest BCUT2D eigenvalue weighted by atomic mass is 9.72. The second-order valence-corrected chi connectivity index (χ2v) is 7.17. The third kappa shape index (κ3) is 3.31. The van der Waals surface area contributed by atoms with Crippen LogP contribution in [-0.4, -0.2) is 64.0 Å². The van der Waals surface area contributed by atoms with Crippen LogP contribution in [0, 0.1) is 12.3 Å². The van der Waals surface area contributed by atoms with Crippen LogP contribution in [0.3, 0.4) is 0 Å². The number of carbonyl (C=O) groups excluding carboxylic acids is 2. The topological polar surface area (TPSA) is 86.9 Å². The number of aliphatic hydroxyl groups is 1. The lowest BCUT2D eigenvalue weighted by molar-refractivity contribution is -0.140. The van der Waals surface area contributed by atoms with Gasteiger partial charge in [-0.2, -0.15) is 0 Å². The van der Waals surface area contributed by atoms with Gasteiger partial charge in [0, 0.05) is 32.6 Å². The second kappa shape index (κ2) is 6.55. The van der Waals surface area contributed by atoms with E-state index in [-0.39, 0.29) is 17.2 Å². The second-order valence-electron chi connectivity index (χ2n) is 7.17. The van der Waals surface area contributed by atoms with Crippen molar-refractivity contribution in [2.24, 2.45) is 5.41 Å². The molecule has 1 spiro atoms. The van der Waals surface area contributed by atoms with E-state index in [4.69, 9.17) is 4.42 Å². The van der Waals surface area contributed by atoms with E-state index in [9.17, 15) is 14.7 Å². The number of β-amino-alcohol motifs (C(OH)–C–C–N with tert-alkyl or cyclic N) is 1. The molecular formula is C17H25N3O4. The Hall–Kier alpha value is -1.89. The van der Waals surface area contributed by atoms with Gasteiger partial charge in [-0.3, -0.25) is 9.59 Å². The van der Waals surface area contributed by atoms with E-state index in [1.54, 1.807) is 18.7 Å². The fourth-order valence-corrected chi connectivity index (χ4v) is 3.84. The molecular weight excluding hydrogens is 310 g/mol. The zero-order valence-corrected chi connectivity index (χ0v) is 14.3. The van der Waals surface area contributed by atoms with E-state index in [0.717, 1.165) is 19.3 Å². The minimum Gasteiger partial charge on any atom is -0.448 e. The van der Waals surface area contributed by atoms with Crippen molar-refractivity contribution in [1.82, 2.24) is 14.8 Å². The SMILES string of the molecule is Cc1ocnc1C(=O)N1CCC2(CCC(=O)N(C[C@@H](C)O)C2)CC1. The highest BCUT2D eigenvalue weighted by molar-refractivity contribution is 5.93. The number of aromatic nitrogens is 1. The van der Waals surface area contributed by atoms with E-state index >= 15 is 0 Å². The number of likely N-dealkylation sites (tertiary alicyclic amines) is 2. The number of hydrogen-bond acceptors (Lipinski definition) is 5. The molecule has 0 saturated carbocycles. The Balaban J connectivity index is 1.63. The molecule has 2 amide bonds. The van der Waals surface area contributed by atoms with Gasteiger partial charge in [-0.05, 0) is 38.5 Å². The van der Waals surface area contributed by atoms with Crippen LogP contribution in [0.1, 0.15) is 48.9 Å². The third-order valence-electron chi connectivity index (χ3n) is 5.29. The highest BCUT2D eigenvalue weighted by Crippen LogP contribution is 2.40. The summed E-state index contributed by atoms with van der Waals surface area (Å²) in [6.45, 7) is 5.86. The standard InChI is InChI=1S/C17H25N3O4/c1-12(21)9-20-10-17(4-3-14(20)22)5-7-19(8-6-17)16(23)15-13(2)24-11-18-15/h11-12,21H,3-10H2,1-2H3/t12-/m1/s1. The van der Waals surface area contributed by atoms with Crippen molar-refractivity contribution < 1.29 is 19.1 Å². The van der Waals surface area contributed by atoms with E-state index in [1.807, 2.05) is 4.90 Å². The van der Waals surface area contributed by atoms with Crippen LogP contribution in [-0.2, 0) is 4.79 Å². The Morgan fingerprint density at radius 3 is 2.71 bits per heavy atom. The molecule has 2 fully saturated rings. The highest BCUT2D eigenvalue weighted by atomic mass is 16.3. The molecule has 1 atom stereocenters. The molecule has 2 aliphatic rings. The number of piperidine rings is 2. The molecule has 132 valence electrons. The van der Waals surface area contributed by atoms with Crippen molar-refractivity contribution in [1.29, 1.82) is 0 Å². The number of aryl methyl sites for hydroxylation is 1. The first-order chi connectivity index (χ1) is 11.4. The molecule has 24 heavy (non-hydrogen) atoms. The maximum atomic E-state index is 12.5. The number of rotatable bonds is 3. The molecule has 0 unspecified atom stereocenters. The maximum absolute atomic E-state index is 12.5. The zero-order valence-electron chi connectivity index (χ0n) is 14.3. The Kier molecular flexibility index (Phi) is 4.62. The first-order valence-electron chi connectivity index (χ1n) is 8.55. The summed E-state index contributed by atoms with van der Waals surface area (Å²) < 4.78 is 5.12. The molecule has 2 aliphatic heterocycles. The fourth-order valence-electron chi connectivity index (χ4n) is 3.84. The molecule has 7 heteroatoms. The van der Waals surface area contributed by atoms with E-state index in [0.29, 0.717) is 44.1 Å². The summed E-state index contributed by atoms with van der Waals surface area (Å²) in [5.74, 6) is 0.591. The van der Waals surface area contributed by atoms with Gasteiger partial charge in [0.2, 0.25) is 5.91 Å². The average molecular weight is 335 g/mol. The predicted octanol–water partition coefficient (Wildman–Crippen LogP) is 1.21. The summed E-state index contributed by atoms with van der Waals surface area (Å²) >= 11 is 0. The Bertz CT molecular complexity index is 617. The molecule has 0 radical (unpaired) electrons. The molecule has 2 saturated heterocycles. The Morgan fingerprint density at radius 2 is 2.12 bits per heavy atom. The van der Waals surface area contributed by atoms with E-state index in [2.05, 4.69) is 4.98 Å². The Labute approximate surface area is 141 Å². The van der Waals surface area contributed by atoms with Crippen LogP contribution in [0.25, 0.3) is 0 Å². The molecule has 3 rings (SSSR count). The van der Waals surface area contributed by atoms with Crippen LogP contribution in [0.5, 0.6) is 0 Å². The molecule has 1 N–H and O–H groups in total. The van der Waals surface area contributed by atoms with Crippen LogP contribution < -0.4 is 0 Å². The first-order valence-corrected chi connectivity index (χ1v) is 8.55. The highest BCUT2D eigenvalue weighted by Gasteiger charge is 2.42. The van der Waals surface area contributed by atoms with Crippen molar-refractivity contribution in [2.75, 3.05) is 26.2 Å². The molecule has 7 nitrogen and oxygen atoms in total. The molecule has 3 heterocycles. The Morgan fingerprint density at radius 1 is 1.42 bits per heavy atom. The van der Waals surface area contributed by atoms with Crippen LogP contribution in [0.4, 0.5) is 0 Å². The number of hydrogen-bond donors (Lipinski definition) is 1. The van der Waals surface area contributed by atoms with Crippen LogP contribution in [0.2, 0.25) is 0 Å². The molecule has 1 aromatic heterocycles. The van der Waals surface area contributed by atoms with E-state index in [1.165, 1.54) is 6.39 Å². The van der Waals surface area contributed by atoms with Crippen molar-refractivity contribution >= 4 is 11.8 Å². The summed E-state index contributed by atoms with van der Waals surface area (Å²) in [6.07, 6.45) is 3.93. The number of nitrogens with zero attached hydrogens (tertiary/aromatic N) is 3. The lowest BCUT2D eigenvalue weighted by Gasteiger charge is -2.47. The van der Waals surface area contributed by atoms with Crippen molar-refractivity contribution in [3.8, 4) is 0 Å². The molecule has 0 aliphatic carbocycles. The first kappa shape index (κ1) is 17.0. The zero-order chi connectivity index (χ0) is 17.3. The molecule has 0 bridgehead atoms. The summed E-state index contributed by atoms with van der Waals surface area (Å²) in [7, 11) is 0. The minimum absolute atomic E-state index is 0.0679. The number of amides is 2. The van der Waals surface area contributed by atoms with Gasteiger partial charge in [-0.1, -0.05) is 0 Å². The minimum atomic E-state index is -0.513. The fraction of sp³-hybridized carbons (Fsp3) is 0.706. The largest absolute Gasteiger partial charge is 0.448 e. The van der Waals surface area contributed by atoms with Gasteiger partial charge in [0.15, 0.2) is 12.1 Å². The molecule has 1 aromatic rings. The van der Waals surface area contributed by atoms with Gasteiger partial charge >= 0.3 is 0 Å². The van der Waals surface area contributed by atoms with Gasteiger partial charge in [-0.15, -0.1) is 0 Å². The van der Waals surface area contributed by atoms with E-state index < -0.39 is 6.10 Å². The summed E-state index contributed by atoms with van der Waals surface area (Å²) in [5.41, 5.74) is 0.457. The normalized spacial score (nSPS) is 22.0. The maximum Gasteiger partial charge on any atom is 0.276 e. The number of oxazole rings is 1.